The Morgan fingerprint density at radius 1 is 1.05 bits per heavy atom. The van der Waals surface area contributed by atoms with Gasteiger partial charge in [-0.15, -0.1) is 0 Å². The zero-order chi connectivity index (χ0) is 14.6. The van der Waals surface area contributed by atoms with Crippen LogP contribution in [0.4, 0.5) is 5.69 Å². The zero-order valence-corrected chi connectivity index (χ0v) is 12.1. The lowest BCUT2D eigenvalue weighted by Crippen LogP contribution is -2.12. The van der Waals surface area contributed by atoms with Crippen molar-refractivity contribution in [1.29, 1.82) is 0 Å². The minimum Gasteiger partial charge on any atom is -0.397 e. The topological polar surface area (TPSA) is 69.4 Å². The molecule has 0 saturated carbocycles. The summed E-state index contributed by atoms with van der Waals surface area (Å²) in [4.78, 5) is 0.130. The monoisotopic (exact) mass is 291 g/mol. The van der Waals surface area contributed by atoms with E-state index in [9.17, 15) is 8.42 Å². The maximum absolute atomic E-state index is 12.2. The third-order valence-electron chi connectivity index (χ3n) is 2.97. The first-order chi connectivity index (χ1) is 9.50. The molecule has 2 rings (SSSR count). The molecule has 0 fully saturated rings. The molecule has 2 aromatic rings. The predicted molar refractivity (Wildman–Crippen MR) is 78.9 cm³/mol. The molecule has 0 aliphatic rings. The molecule has 4 nitrogen and oxygen atoms in total. The van der Waals surface area contributed by atoms with Gasteiger partial charge in [0, 0.05) is 0 Å². The first kappa shape index (κ1) is 14.6. The van der Waals surface area contributed by atoms with Gasteiger partial charge in [0.1, 0.15) is 0 Å². The van der Waals surface area contributed by atoms with Crippen LogP contribution in [0.15, 0.2) is 53.4 Å². The highest BCUT2D eigenvalue weighted by molar-refractivity contribution is 7.91. The number of anilines is 1. The molecule has 0 atom stereocenters. The number of aryl methyl sites for hydroxylation is 1. The molecule has 0 unspecified atom stereocenters. The number of nitrogens with two attached hydrogens (primary N) is 1. The molecule has 20 heavy (non-hydrogen) atoms. The van der Waals surface area contributed by atoms with E-state index in [4.69, 9.17) is 10.5 Å². The second-order valence-electron chi connectivity index (χ2n) is 4.55. The van der Waals surface area contributed by atoms with Gasteiger partial charge in [-0.25, -0.2) is 8.42 Å². The van der Waals surface area contributed by atoms with Crippen LogP contribution in [0.2, 0.25) is 0 Å². The summed E-state index contributed by atoms with van der Waals surface area (Å²) in [5.74, 6) is -0.379. The van der Waals surface area contributed by atoms with Gasteiger partial charge in [0.25, 0.3) is 0 Å². The molecular formula is C15H17NO3S. The fraction of sp³-hybridized carbons (Fsp3) is 0.200. The van der Waals surface area contributed by atoms with E-state index < -0.39 is 9.84 Å². The number of nitrogen functional groups attached to an aromatic ring is 1. The molecule has 2 aromatic carbocycles. The fourth-order valence-electron chi connectivity index (χ4n) is 1.83. The van der Waals surface area contributed by atoms with Gasteiger partial charge >= 0.3 is 0 Å². The number of hydrogen-bond donors (Lipinski definition) is 1. The molecule has 0 aromatic heterocycles. The van der Waals surface area contributed by atoms with Crippen molar-refractivity contribution in [3.05, 3.63) is 59.7 Å². The van der Waals surface area contributed by atoms with Crippen LogP contribution in [-0.2, 0) is 21.2 Å². The van der Waals surface area contributed by atoms with Gasteiger partial charge in [-0.1, -0.05) is 42.5 Å². The van der Waals surface area contributed by atoms with E-state index in [-0.39, 0.29) is 23.1 Å². The first-order valence-corrected chi connectivity index (χ1v) is 7.85. The summed E-state index contributed by atoms with van der Waals surface area (Å²) in [7, 11) is -3.53. The van der Waals surface area contributed by atoms with Crippen LogP contribution in [0.1, 0.15) is 11.1 Å². The molecular weight excluding hydrogens is 274 g/mol. The number of hydrogen-bond acceptors (Lipinski definition) is 4. The van der Waals surface area contributed by atoms with Gasteiger partial charge in [0.05, 0.1) is 17.2 Å². The van der Waals surface area contributed by atoms with Crippen LogP contribution < -0.4 is 5.73 Å². The molecule has 2 N–H and O–H groups in total. The Balaban J connectivity index is 2.06. The highest BCUT2D eigenvalue weighted by atomic mass is 32.2. The third kappa shape index (κ3) is 3.37. The highest BCUT2D eigenvalue weighted by Gasteiger charge is 2.18. The maximum Gasteiger partial charge on any atom is 0.204 e. The van der Waals surface area contributed by atoms with Crippen molar-refractivity contribution in [1.82, 2.24) is 0 Å². The Labute approximate surface area is 119 Å². The molecule has 0 bridgehead atoms. The number of rotatable bonds is 5. The summed E-state index contributed by atoms with van der Waals surface area (Å²) in [6.45, 7) is 2.03. The Bertz CT molecular complexity index is 682. The van der Waals surface area contributed by atoms with Crippen molar-refractivity contribution in [2.45, 2.75) is 18.4 Å². The molecule has 0 heterocycles. The van der Waals surface area contributed by atoms with E-state index in [0.717, 1.165) is 11.1 Å². The van der Waals surface area contributed by atoms with E-state index in [1.54, 1.807) is 19.1 Å². The normalized spacial score (nSPS) is 11.4. The second kappa shape index (κ2) is 6.07. The molecule has 0 aliphatic carbocycles. The smallest absolute Gasteiger partial charge is 0.204 e. The van der Waals surface area contributed by atoms with E-state index in [1.165, 1.54) is 6.07 Å². The van der Waals surface area contributed by atoms with Gasteiger partial charge in [-0.05, 0) is 24.1 Å². The van der Waals surface area contributed by atoms with Crippen molar-refractivity contribution in [2.24, 2.45) is 0 Å². The lowest BCUT2D eigenvalue weighted by atomic mass is 10.2. The van der Waals surface area contributed by atoms with Crippen LogP contribution in [0, 0.1) is 6.92 Å². The van der Waals surface area contributed by atoms with Crippen LogP contribution in [-0.4, -0.2) is 14.4 Å². The second-order valence-corrected chi connectivity index (χ2v) is 6.46. The third-order valence-corrected chi connectivity index (χ3v) is 4.47. The van der Waals surface area contributed by atoms with Crippen molar-refractivity contribution in [2.75, 3.05) is 11.7 Å². The molecule has 0 saturated heterocycles. The first-order valence-electron chi connectivity index (χ1n) is 6.20. The number of benzene rings is 2. The summed E-state index contributed by atoms with van der Waals surface area (Å²) in [5.41, 5.74) is 7.78. The van der Waals surface area contributed by atoms with Crippen LogP contribution in [0.25, 0.3) is 0 Å². The van der Waals surface area contributed by atoms with Crippen LogP contribution >= 0.6 is 0 Å². The Morgan fingerprint density at radius 2 is 1.75 bits per heavy atom. The number of sulfone groups is 1. The van der Waals surface area contributed by atoms with Crippen molar-refractivity contribution in [3.8, 4) is 0 Å². The Kier molecular flexibility index (Phi) is 4.42. The standard InChI is InChI=1S/C15H17NO3S/c1-12-6-5-9-14(15(12)16)20(17,18)11-19-10-13-7-3-2-4-8-13/h2-9H,10-11,16H2,1H3. The Hall–Kier alpha value is -1.85. The van der Waals surface area contributed by atoms with Crippen LogP contribution in [0.5, 0.6) is 0 Å². The fourth-order valence-corrected chi connectivity index (χ4v) is 3.04. The summed E-state index contributed by atoms with van der Waals surface area (Å²) >= 11 is 0. The van der Waals surface area contributed by atoms with Crippen molar-refractivity contribution >= 4 is 15.5 Å². The molecule has 0 aliphatic heterocycles. The van der Waals surface area contributed by atoms with E-state index in [1.807, 2.05) is 30.3 Å². The SMILES string of the molecule is Cc1cccc(S(=O)(=O)COCc2ccccc2)c1N. The predicted octanol–water partition coefficient (Wildman–Crippen LogP) is 2.53. The lowest BCUT2D eigenvalue weighted by Gasteiger charge is -2.10. The minimum atomic E-state index is -3.53. The number of para-hydroxylation sites is 1. The minimum absolute atomic E-state index is 0.130. The lowest BCUT2D eigenvalue weighted by molar-refractivity contribution is 0.163. The Morgan fingerprint density at radius 3 is 2.45 bits per heavy atom. The van der Waals surface area contributed by atoms with Crippen molar-refractivity contribution in [3.63, 3.8) is 0 Å². The summed E-state index contributed by atoms with van der Waals surface area (Å²) in [6.07, 6.45) is 0. The highest BCUT2D eigenvalue weighted by Crippen LogP contribution is 2.23. The van der Waals surface area contributed by atoms with E-state index in [2.05, 4.69) is 0 Å². The van der Waals surface area contributed by atoms with Gasteiger partial charge in [0.2, 0.25) is 9.84 Å². The molecule has 0 radical (unpaired) electrons. The summed E-state index contributed by atoms with van der Waals surface area (Å²) < 4.78 is 29.7. The molecule has 106 valence electrons. The molecule has 0 amide bonds. The molecule has 0 spiro atoms. The average Bonchev–Trinajstić information content (AvgIpc) is 2.42. The van der Waals surface area contributed by atoms with Gasteiger partial charge in [-0.2, -0.15) is 0 Å². The van der Waals surface area contributed by atoms with E-state index >= 15 is 0 Å². The van der Waals surface area contributed by atoms with E-state index in [0.29, 0.717) is 0 Å². The summed E-state index contributed by atoms with van der Waals surface area (Å²) in [5, 5.41) is 0. The average molecular weight is 291 g/mol. The summed E-state index contributed by atoms with van der Waals surface area (Å²) in [6, 6.07) is 14.4. The molecule has 5 heteroatoms. The number of ether oxygens (including phenoxy) is 1. The largest absolute Gasteiger partial charge is 0.397 e. The van der Waals surface area contributed by atoms with Gasteiger partial charge in [-0.3, -0.25) is 0 Å². The van der Waals surface area contributed by atoms with Gasteiger partial charge in [0.15, 0.2) is 5.94 Å². The zero-order valence-electron chi connectivity index (χ0n) is 11.2. The van der Waals surface area contributed by atoms with Gasteiger partial charge < -0.3 is 10.5 Å². The quantitative estimate of drug-likeness (QED) is 0.859. The van der Waals surface area contributed by atoms with Crippen LogP contribution in [0.3, 0.4) is 0 Å². The maximum atomic E-state index is 12.2. The van der Waals surface area contributed by atoms with Crippen molar-refractivity contribution < 1.29 is 13.2 Å².